The molecule has 1 atom stereocenters. The average Bonchev–Trinajstić information content (AvgIpc) is 2.09. The first kappa shape index (κ1) is 11.9. The number of rotatable bonds is 3. The summed E-state index contributed by atoms with van der Waals surface area (Å²) in [5.41, 5.74) is 0. The zero-order chi connectivity index (χ0) is 11.6. The van der Waals surface area contributed by atoms with Gasteiger partial charge in [-0.25, -0.2) is 0 Å². The predicted molar refractivity (Wildman–Crippen MR) is 46.9 cm³/mol. The van der Waals surface area contributed by atoms with Crippen LogP contribution in [0.4, 0.5) is 0 Å². The fourth-order valence-corrected chi connectivity index (χ4v) is 1.63. The third-order valence-electron chi connectivity index (χ3n) is 1.61. The fraction of sp³-hybridized carbons (Fsp3) is 0.286. The maximum atomic E-state index is 10.9. The molecule has 1 rings (SSSR count). The zero-order valence-corrected chi connectivity index (χ0v) is 8.14. The summed E-state index contributed by atoms with van der Waals surface area (Å²) in [6, 6.07) is 0. The van der Waals surface area contributed by atoms with Crippen LogP contribution in [0.2, 0.25) is 0 Å². The molecule has 0 aromatic heterocycles. The Hall–Kier alpha value is -1.22. The molecular weight excluding hydrogens is 228 g/mol. The largest absolute Gasteiger partial charge is 0.467 e. The lowest BCUT2D eigenvalue weighted by Gasteiger charge is -2.15. The van der Waals surface area contributed by atoms with Gasteiger partial charge in [-0.3, -0.25) is 9.35 Å². The van der Waals surface area contributed by atoms with Gasteiger partial charge in [0.2, 0.25) is 0 Å². The van der Waals surface area contributed by atoms with Gasteiger partial charge in [0.1, 0.15) is 16.8 Å². The van der Waals surface area contributed by atoms with E-state index in [1.165, 1.54) is 0 Å². The topological polar surface area (TPSA) is 121 Å². The minimum atomic E-state index is -4.63. The summed E-state index contributed by atoms with van der Waals surface area (Å²) < 4.78 is 34.7. The first-order chi connectivity index (χ1) is 6.86. The van der Waals surface area contributed by atoms with Crippen molar-refractivity contribution in [1.29, 1.82) is 0 Å². The summed E-state index contributed by atoms with van der Waals surface area (Å²) in [5.74, 6) is -1.36. The van der Waals surface area contributed by atoms with Crippen LogP contribution in [0.5, 0.6) is 0 Å². The van der Waals surface area contributed by atoms with Crippen molar-refractivity contribution in [3.63, 3.8) is 0 Å². The molecule has 0 fully saturated rings. The number of ketones is 1. The molecule has 84 valence electrons. The highest BCUT2D eigenvalue weighted by Crippen LogP contribution is 2.22. The number of aliphatic hydroxyl groups excluding tert-OH is 2. The molecule has 0 amide bonds. The second kappa shape index (κ2) is 4.11. The Morgan fingerprint density at radius 2 is 2.07 bits per heavy atom. The highest BCUT2D eigenvalue weighted by molar-refractivity contribution is 7.90. The van der Waals surface area contributed by atoms with Crippen molar-refractivity contribution in [3.05, 3.63) is 22.8 Å². The van der Waals surface area contributed by atoms with Crippen LogP contribution in [0, 0.1) is 0 Å². The van der Waals surface area contributed by atoms with Gasteiger partial charge < -0.3 is 14.9 Å². The number of carbonyl (C=O) groups is 1. The van der Waals surface area contributed by atoms with Gasteiger partial charge in [-0.05, 0) is 6.08 Å². The molecule has 1 unspecified atom stereocenters. The van der Waals surface area contributed by atoms with Crippen molar-refractivity contribution < 1.29 is 32.7 Å². The van der Waals surface area contributed by atoms with E-state index in [2.05, 4.69) is 4.74 Å². The van der Waals surface area contributed by atoms with Crippen LogP contribution in [-0.2, 0) is 19.6 Å². The molecule has 1 aliphatic carbocycles. The summed E-state index contributed by atoms with van der Waals surface area (Å²) in [6.07, 6.45) is -0.232. The van der Waals surface area contributed by atoms with Crippen LogP contribution in [0.15, 0.2) is 22.8 Å². The number of aliphatic hydroxyl groups is 2. The number of carbonyl (C=O) groups excluding carboxylic acids is 1. The zero-order valence-electron chi connectivity index (χ0n) is 7.32. The monoisotopic (exact) mass is 236 g/mol. The minimum Gasteiger partial charge on any atom is -0.467 e. The van der Waals surface area contributed by atoms with E-state index < -0.39 is 39.5 Å². The fourth-order valence-electron chi connectivity index (χ4n) is 0.984. The van der Waals surface area contributed by atoms with Crippen LogP contribution in [0.1, 0.15) is 0 Å². The molecule has 0 spiro atoms. The van der Waals surface area contributed by atoms with E-state index in [1.54, 1.807) is 0 Å². The van der Waals surface area contributed by atoms with Crippen LogP contribution in [0.3, 0.4) is 0 Å². The molecule has 7 nitrogen and oxygen atoms in total. The summed E-state index contributed by atoms with van der Waals surface area (Å²) in [5, 5.41) is 17.5. The summed E-state index contributed by atoms with van der Waals surface area (Å²) in [7, 11) is -4.63. The second-order valence-corrected chi connectivity index (χ2v) is 4.03. The Morgan fingerprint density at radius 3 is 2.53 bits per heavy atom. The third kappa shape index (κ3) is 2.63. The summed E-state index contributed by atoms with van der Waals surface area (Å²) in [6.45, 7) is -0.848. The quantitative estimate of drug-likeness (QED) is 0.405. The first-order valence-corrected chi connectivity index (χ1v) is 5.17. The predicted octanol–water partition coefficient (Wildman–Crippen LogP) is -1.45. The molecular formula is C7H8O7S. The smallest absolute Gasteiger partial charge is 0.298 e. The molecule has 1 aliphatic rings. The van der Waals surface area contributed by atoms with Gasteiger partial charge >= 0.3 is 0 Å². The molecule has 0 aromatic carbocycles. The van der Waals surface area contributed by atoms with Gasteiger partial charge in [0.05, 0.1) is 0 Å². The third-order valence-corrected chi connectivity index (χ3v) is 2.49. The Morgan fingerprint density at radius 1 is 1.47 bits per heavy atom. The summed E-state index contributed by atoms with van der Waals surface area (Å²) >= 11 is 0. The Labute approximate surface area is 85.0 Å². The van der Waals surface area contributed by atoms with E-state index in [-0.39, 0.29) is 0 Å². The molecule has 0 radical (unpaired) electrons. The highest BCUT2D eigenvalue weighted by Gasteiger charge is 2.29. The number of ether oxygens (including phenoxy) is 1. The highest BCUT2D eigenvalue weighted by atomic mass is 32.2. The Bertz CT molecular complexity index is 430. The van der Waals surface area contributed by atoms with Gasteiger partial charge in [-0.2, -0.15) is 8.42 Å². The maximum absolute atomic E-state index is 10.9. The van der Waals surface area contributed by atoms with Gasteiger partial charge in [-0.1, -0.05) is 0 Å². The van der Waals surface area contributed by atoms with Gasteiger partial charge in [0, 0.05) is 6.08 Å². The van der Waals surface area contributed by atoms with Crippen molar-refractivity contribution in [2.75, 3.05) is 6.79 Å². The van der Waals surface area contributed by atoms with E-state index in [1.807, 2.05) is 0 Å². The minimum absolute atomic E-state index is 0.466. The number of hydrogen-bond acceptors (Lipinski definition) is 6. The lowest BCUT2D eigenvalue weighted by Crippen LogP contribution is -2.24. The molecule has 15 heavy (non-hydrogen) atoms. The van der Waals surface area contributed by atoms with E-state index in [0.29, 0.717) is 6.08 Å². The average molecular weight is 236 g/mol. The van der Waals surface area contributed by atoms with E-state index in [9.17, 15) is 13.2 Å². The molecule has 0 saturated carbocycles. The van der Waals surface area contributed by atoms with Crippen LogP contribution in [-0.4, -0.2) is 41.9 Å². The lowest BCUT2D eigenvalue weighted by atomic mass is 10.1. The Kier molecular flexibility index (Phi) is 3.25. The van der Waals surface area contributed by atoms with Crippen molar-refractivity contribution in [2.45, 2.75) is 6.10 Å². The van der Waals surface area contributed by atoms with E-state index >= 15 is 0 Å². The molecule has 0 heterocycles. The van der Waals surface area contributed by atoms with E-state index in [4.69, 9.17) is 14.8 Å². The van der Waals surface area contributed by atoms with Crippen molar-refractivity contribution in [2.24, 2.45) is 0 Å². The lowest BCUT2D eigenvalue weighted by molar-refractivity contribution is -0.120. The Balaban J connectivity index is 3.17. The van der Waals surface area contributed by atoms with Crippen LogP contribution < -0.4 is 0 Å². The number of hydrogen-bond donors (Lipinski definition) is 3. The second-order valence-electron chi connectivity index (χ2n) is 2.64. The first-order valence-electron chi connectivity index (χ1n) is 3.73. The molecule has 8 heteroatoms. The normalized spacial score (nSPS) is 22.1. The molecule has 0 bridgehead atoms. The van der Waals surface area contributed by atoms with Gasteiger partial charge in [0.25, 0.3) is 10.1 Å². The standard InChI is InChI=1S/C7H8O7S/c8-3-14-6-1-4(9)5(10)2-7(6)15(11,12)13/h1-2,4,8-9H,3H2,(H,11,12,13). The molecule has 0 aromatic rings. The van der Waals surface area contributed by atoms with Crippen LogP contribution in [0.25, 0.3) is 0 Å². The molecule has 0 aliphatic heterocycles. The van der Waals surface area contributed by atoms with Gasteiger partial charge in [0.15, 0.2) is 12.6 Å². The maximum Gasteiger partial charge on any atom is 0.298 e. The van der Waals surface area contributed by atoms with Crippen molar-refractivity contribution in [1.82, 2.24) is 0 Å². The molecule has 3 N–H and O–H groups in total. The van der Waals surface area contributed by atoms with Crippen molar-refractivity contribution in [3.8, 4) is 0 Å². The summed E-state index contributed by atoms with van der Waals surface area (Å²) in [4.78, 5) is 10.2. The van der Waals surface area contributed by atoms with Gasteiger partial charge in [-0.15, -0.1) is 0 Å². The van der Waals surface area contributed by atoms with Crippen molar-refractivity contribution >= 4 is 15.9 Å². The van der Waals surface area contributed by atoms with Crippen LogP contribution >= 0.6 is 0 Å². The van der Waals surface area contributed by atoms with E-state index in [0.717, 1.165) is 6.08 Å². The molecule has 0 saturated heterocycles. The SMILES string of the molecule is O=C1C=C(S(=O)(=O)O)C(OCO)=CC1O.